The molecule has 0 saturated heterocycles. The lowest BCUT2D eigenvalue weighted by Gasteiger charge is -2.29. The van der Waals surface area contributed by atoms with Crippen molar-refractivity contribution in [1.82, 2.24) is 0 Å². The molecule has 29 heavy (non-hydrogen) atoms. The Kier molecular flexibility index (Phi) is 5.51. The van der Waals surface area contributed by atoms with Crippen LogP contribution in [0.3, 0.4) is 0 Å². The third-order valence-corrected chi connectivity index (χ3v) is 5.90. The third kappa shape index (κ3) is 3.90. The van der Waals surface area contributed by atoms with Crippen molar-refractivity contribution in [2.75, 3.05) is 12.0 Å². The zero-order valence-electron chi connectivity index (χ0n) is 17.7. The average molecular weight is 392 g/mol. The molecule has 152 valence electrons. The number of anilines is 1. The van der Waals surface area contributed by atoms with Gasteiger partial charge >= 0.3 is 0 Å². The van der Waals surface area contributed by atoms with Crippen molar-refractivity contribution in [3.05, 3.63) is 87.6 Å². The van der Waals surface area contributed by atoms with Gasteiger partial charge in [-0.3, -0.25) is 10.1 Å². The number of nitro benzene ring substituents is 1. The van der Waals surface area contributed by atoms with Crippen LogP contribution in [0.5, 0.6) is 5.75 Å². The number of rotatable bonds is 6. The molecule has 0 fully saturated rings. The van der Waals surface area contributed by atoms with E-state index in [2.05, 4.69) is 50.6 Å². The van der Waals surface area contributed by atoms with Crippen LogP contribution in [-0.4, -0.2) is 18.1 Å². The summed E-state index contributed by atoms with van der Waals surface area (Å²) in [5.74, 6) is 0.869. The summed E-state index contributed by atoms with van der Waals surface area (Å²) in [6.45, 7) is 12.6. The van der Waals surface area contributed by atoms with Crippen LogP contribution in [0.1, 0.15) is 37.5 Å². The standard InChI is InChI=1S/C24H28N2O3/c1-16-7-8-20(26(27)28)15-22(16)24(4,5)17(2)11-12-25-18(3)13-19-14-21(29-6)9-10-23(19)25/h7-12,14-15,18H,2,13H2,1,3-6H3/b12-11+. The lowest BCUT2D eigenvalue weighted by Crippen LogP contribution is -2.24. The van der Waals surface area contributed by atoms with Crippen molar-refractivity contribution in [2.45, 2.75) is 45.6 Å². The molecule has 3 rings (SSSR count). The highest BCUT2D eigenvalue weighted by atomic mass is 16.6. The largest absolute Gasteiger partial charge is 0.497 e. The van der Waals surface area contributed by atoms with Gasteiger partial charge in [-0.2, -0.15) is 0 Å². The molecule has 0 N–H and O–H groups in total. The zero-order valence-corrected chi connectivity index (χ0v) is 17.7. The summed E-state index contributed by atoms with van der Waals surface area (Å²) in [7, 11) is 1.68. The molecule has 0 radical (unpaired) electrons. The van der Waals surface area contributed by atoms with Crippen molar-refractivity contribution in [3.8, 4) is 5.75 Å². The van der Waals surface area contributed by atoms with E-state index in [0.29, 0.717) is 6.04 Å². The maximum absolute atomic E-state index is 11.2. The van der Waals surface area contributed by atoms with Gasteiger partial charge in [0.15, 0.2) is 0 Å². The average Bonchev–Trinajstić information content (AvgIpc) is 2.99. The summed E-state index contributed by atoms with van der Waals surface area (Å²) in [6, 6.07) is 11.5. The highest BCUT2D eigenvalue weighted by Crippen LogP contribution is 2.38. The Morgan fingerprint density at radius 1 is 1.31 bits per heavy atom. The number of nitro groups is 1. The summed E-state index contributed by atoms with van der Waals surface area (Å²) in [6.07, 6.45) is 5.05. The first-order valence-corrected chi connectivity index (χ1v) is 9.73. The second kappa shape index (κ2) is 7.74. The molecule has 2 aromatic carbocycles. The molecule has 0 spiro atoms. The predicted octanol–water partition coefficient (Wildman–Crippen LogP) is 5.71. The molecule has 0 amide bonds. The number of benzene rings is 2. The number of ether oxygens (including phenoxy) is 1. The topological polar surface area (TPSA) is 55.6 Å². The lowest BCUT2D eigenvalue weighted by atomic mass is 9.76. The molecule has 1 unspecified atom stereocenters. The summed E-state index contributed by atoms with van der Waals surface area (Å²) < 4.78 is 5.34. The second-order valence-electron chi connectivity index (χ2n) is 8.18. The van der Waals surface area contributed by atoms with Gasteiger partial charge < -0.3 is 9.64 Å². The molecule has 0 bridgehead atoms. The maximum Gasteiger partial charge on any atom is 0.269 e. The van der Waals surface area contributed by atoms with Crippen LogP contribution in [-0.2, 0) is 11.8 Å². The maximum atomic E-state index is 11.2. The monoisotopic (exact) mass is 392 g/mol. The number of allylic oxidation sites excluding steroid dienone is 2. The predicted molar refractivity (Wildman–Crippen MR) is 118 cm³/mol. The molecule has 5 heteroatoms. The van der Waals surface area contributed by atoms with E-state index < -0.39 is 5.41 Å². The van der Waals surface area contributed by atoms with Crippen LogP contribution in [0.2, 0.25) is 0 Å². The van der Waals surface area contributed by atoms with Gasteiger partial charge in [-0.25, -0.2) is 0 Å². The van der Waals surface area contributed by atoms with Crippen LogP contribution in [0, 0.1) is 17.0 Å². The SMILES string of the molecule is C=C(/C=C/N1c2ccc(OC)cc2CC1C)C(C)(C)c1cc([N+](=O)[O-])ccc1C. The molecule has 0 aromatic heterocycles. The van der Waals surface area contributed by atoms with Crippen molar-refractivity contribution < 1.29 is 9.66 Å². The molecule has 1 aliphatic rings. The Bertz CT molecular complexity index is 992. The Hall–Kier alpha value is -3.08. The zero-order chi connectivity index (χ0) is 21.3. The first-order valence-electron chi connectivity index (χ1n) is 9.73. The molecule has 1 heterocycles. The van der Waals surface area contributed by atoms with E-state index in [1.807, 2.05) is 19.1 Å². The number of fused-ring (bicyclic) bond motifs is 1. The number of non-ortho nitro benzene ring substituents is 1. The first kappa shape index (κ1) is 20.6. The van der Waals surface area contributed by atoms with Gasteiger partial charge in [-0.15, -0.1) is 0 Å². The second-order valence-corrected chi connectivity index (χ2v) is 8.18. The van der Waals surface area contributed by atoms with Crippen LogP contribution in [0.25, 0.3) is 0 Å². The Balaban J connectivity index is 1.88. The van der Waals surface area contributed by atoms with E-state index in [-0.39, 0.29) is 10.6 Å². The molecule has 0 saturated carbocycles. The van der Waals surface area contributed by atoms with E-state index in [4.69, 9.17) is 4.74 Å². The van der Waals surface area contributed by atoms with Gasteiger partial charge in [-0.05, 0) is 66.8 Å². The third-order valence-electron chi connectivity index (χ3n) is 5.90. The van der Waals surface area contributed by atoms with Crippen LogP contribution < -0.4 is 9.64 Å². The number of nitrogens with zero attached hydrogens (tertiary/aromatic N) is 2. The highest BCUT2D eigenvalue weighted by molar-refractivity contribution is 5.64. The molecule has 1 atom stereocenters. The van der Waals surface area contributed by atoms with Crippen molar-refractivity contribution in [2.24, 2.45) is 0 Å². The highest BCUT2D eigenvalue weighted by Gasteiger charge is 2.28. The van der Waals surface area contributed by atoms with Crippen LogP contribution >= 0.6 is 0 Å². The van der Waals surface area contributed by atoms with Crippen LogP contribution in [0.15, 0.2) is 60.8 Å². The van der Waals surface area contributed by atoms with E-state index in [9.17, 15) is 10.1 Å². The fourth-order valence-electron chi connectivity index (χ4n) is 3.93. The number of hydrogen-bond acceptors (Lipinski definition) is 4. The van der Waals surface area contributed by atoms with E-state index in [0.717, 1.165) is 28.9 Å². The smallest absolute Gasteiger partial charge is 0.269 e. The quantitative estimate of drug-likeness (QED) is 0.359. The van der Waals surface area contributed by atoms with Gasteiger partial charge in [0.1, 0.15) is 5.75 Å². The van der Waals surface area contributed by atoms with Gasteiger partial charge in [0, 0.05) is 35.5 Å². The van der Waals surface area contributed by atoms with Crippen molar-refractivity contribution >= 4 is 11.4 Å². The van der Waals surface area contributed by atoms with Gasteiger partial charge in [-0.1, -0.05) is 26.5 Å². The van der Waals surface area contributed by atoms with Gasteiger partial charge in [0.2, 0.25) is 0 Å². The Labute approximate surface area is 172 Å². The fraction of sp³-hybridized carbons (Fsp3) is 0.333. The minimum absolute atomic E-state index is 0.103. The Morgan fingerprint density at radius 2 is 2.03 bits per heavy atom. The summed E-state index contributed by atoms with van der Waals surface area (Å²) >= 11 is 0. The molecule has 2 aromatic rings. The fourth-order valence-corrected chi connectivity index (χ4v) is 3.93. The molecule has 0 aliphatic carbocycles. The van der Waals surface area contributed by atoms with Gasteiger partial charge in [0.25, 0.3) is 5.69 Å². The van der Waals surface area contributed by atoms with Gasteiger partial charge in [0.05, 0.1) is 12.0 Å². The summed E-state index contributed by atoms with van der Waals surface area (Å²) in [4.78, 5) is 13.1. The summed E-state index contributed by atoms with van der Waals surface area (Å²) in [5.41, 5.74) is 4.94. The molecule has 5 nitrogen and oxygen atoms in total. The lowest BCUT2D eigenvalue weighted by molar-refractivity contribution is -0.385. The minimum atomic E-state index is -0.432. The number of aryl methyl sites for hydroxylation is 1. The molecular weight excluding hydrogens is 364 g/mol. The number of hydrogen-bond donors (Lipinski definition) is 0. The van der Waals surface area contributed by atoms with E-state index in [1.165, 1.54) is 11.3 Å². The number of methoxy groups -OCH3 is 1. The summed E-state index contributed by atoms with van der Waals surface area (Å²) in [5, 5.41) is 11.2. The van der Waals surface area contributed by atoms with E-state index >= 15 is 0 Å². The molecule has 1 aliphatic heterocycles. The first-order chi connectivity index (χ1) is 13.6. The normalized spacial score (nSPS) is 16.2. The van der Waals surface area contributed by atoms with Crippen molar-refractivity contribution in [1.29, 1.82) is 0 Å². The molecular formula is C24H28N2O3. The van der Waals surface area contributed by atoms with Crippen molar-refractivity contribution in [3.63, 3.8) is 0 Å². The Morgan fingerprint density at radius 3 is 2.69 bits per heavy atom. The van der Waals surface area contributed by atoms with E-state index in [1.54, 1.807) is 25.3 Å². The minimum Gasteiger partial charge on any atom is -0.497 e. The van der Waals surface area contributed by atoms with Crippen LogP contribution in [0.4, 0.5) is 11.4 Å².